The minimum Gasteiger partial charge on any atom is -0.338 e. The maximum absolute atomic E-state index is 13.2. The predicted octanol–water partition coefficient (Wildman–Crippen LogP) is 4.68. The Morgan fingerprint density at radius 1 is 1.10 bits per heavy atom. The molecule has 4 nitrogen and oxygen atoms in total. The Morgan fingerprint density at radius 3 is 2.59 bits per heavy atom. The molecule has 150 valence electrons. The summed E-state index contributed by atoms with van der Waals surface area (Å²) in [5.74, 6) is 0.231. The predicted molar refractivity (Wildman–Crippen MR) is 116 cm³/mol. The Hall–Kier alpha value is -2.88. The van der Waals surface area contributed by atoms with Crippen LogP contribution in [0.15, 0.2) is 48.5 Å². The topological polar surface area (TPSA) is 40.6 Å². The van der Waals surface area contributed by atoms with Gasteiger partial charge in [-0.1, -0.05) is 49.4 Å². The maximum atomic E-state index is 13.2. The third-order valence-electron chi connectivity index (χ3n) is 6.12. The minimum absolute atomic E-state index is 0.0962. The highest BCUT2D eigenvalue weighted by Gasteiger charge is 2.35. The van der Waals surface area contributed by atoms with Gasteiger partial charge in [0.05, 0.1) is 0 Å². The molecular weight excluding hydrogens is 360 g/mol. The Morgan fingerprint density at radius 2 is 1.86 bits per heavy atom. The first-order valence-electron chi connectivity index (χ1n) is 10.5. The summed E-state index contributed by atoms with van der Waals surface area (Å²) in [5.41, 5.74) is 4.86. The molecule has 0 unspecified atom stereocenters. The lowest BCUT2D eigenvalue weighted by atomic mass is 9.98. The van der Waals surface area contributed by atoms with E-state index in [0.29, 0.717) is 19.6 Å². The zero-order chi connectivity index (χ0) is 20.4. The molecule has 0 spiro atoms. The van der Waals surface area contributed by atoms with Gasteiger partial charge >= 0.3 is 0 Å². The number of likely N-dealkylation sites (tertiary alicyclic amines) is 1. The summed E-state index contributed by atoms with van der Waals surface area (Å²) in [5, 5.41) is 0. The zero-order valence-electron chi connectivity index (χ0n) is 17.2. The molecule has 4 heteroatoms. The largest absolute Gasteiger partial charge is 0.338 e. The second kappa shape index (κ2) is 8.24. The summed E-state index contributed by atoms with van der Waals surface area (Å²) >= 11 is 0. The van der Waals surface area contributed by atoms with Gasteiger partial charge in [-0.3, -0.25) is 9.59 Å². The maximum Gasteiger partial charge on any atom is 0.254 e. The van der Waals surface area contributed by atoms with Crippen LogP contribution in [0.2, 0.25) is 0 Å². The number of carbonyl (C=O) groups is 2. The molecule has 0 aliphatic carbocycles. The van der Waals surface area contributed by atoms with Crippen molar-refractivity contribution in [2.75, 3.05) is 13.1 Å². The second-order valence-electron chi connectivity index (χ2n) is 7.96. The van der Waals surface area contributed by atoms with Crippen molar-refractivity contribution in [3.05, 3.63) is 76.4 Å². The normalized spacial score (nSPS) is 17.2. The lowest BCUT2D eigenvalue weighted by molar-refractivity contribution is 0.0535. The van der Waals surface area contributed by atoms with Crippen molar-refractivity contribution in [3.63, 3.8) is 0 Å². The highest BCUT2D eigenvalue weighted by molar-refractivity contribution is 5.99. The van der Waals surface area contributed by atoms with Crippen molar-refractivity contribution >= 4 is 17.9 Å². The van der Waals surface area contributed by atoms with Crippen molar-refractivity contribution in [3.8, 4) is 0 Å². The number of aryl methyl sites for hydroxylation is 1. The van der Waals surface area contributed by atoms with E-state index >= 15 is 0 Å². The molecule has 4 rings (SSSR count). The highest BCUT2D eigenvalue weighted by Crippen LogP contribution is 2.29. The second-order valence-corrected chi connectivity index (χ2v) is 7.96. The molecule has 0 aromatic heterocycles. The number of allylic oxidation sites excluding steroid dienone is 1. The molecule has 0 radical (unpaired) electrons. The summed E-state index contributed by atoms with van der Waals surface area (Å²) in [6.07, 6.45) is 6.77. The number of piperidine rings is 1. The number of amides is 2. The quantitative estimate of drug-likeness (QED) is 0.763. The van der Waals surface area contributed by atoms with E-state index in [4.69, 9.17) is 0 Å². The fourth-order valence-electron chi connectivity index (χ4n) is 4.45. The average Bonchev–Trinajstić information content (AvgIpc) is 3.09. The first-order valence-corrected chi connectivity index (χ1v) is 10.5. The van der Waals surface area contributed by atoms with Gasteiger partial charge in [-0.15, -0.1) is 0 Å². The lowest BCUT2D eigenvalue weighted by Gasteiger charge is -2.37. The third kappa shape index (κ3) is 3.71. The van der Waals surface area contributed by atoms with Gasteiger partial charge in [0.25, 0.3) is 11.8 Å². The van der Waals surface area contributed by atoms with E-state index in [-0.39, 0.29) is 17.9 Å². The summed E-state index contributed by atoms with van der Waals surface area (Å²) in [7, 11) is 0. The van der Waals surface area contributed by atoms with Crippen LogP contribution in [-0.2, 0) is 6.54 Å². The minimum atomic E-state index is 0.0962. The van der Waals surface area contributed by atoms with Gasteiger partial charge in [0.15, 0.2) is 0 Å². The summed E-state index contributed by atoms with van der Waals surface area (Å²) in [6, 6.07) is 14.0. The number of nitrogens with zero attached hydrogens (tertiary/aromatic N) is 2. The smallest absolute Gasteiger partial charge is 0.254 e. The number of fused-ring (bicyclic) bond motifs is 1. The molecule has 2 amide bonds. The van der Waals surface area contributed by atoms with E-state index in [1.165, 1.54) is 0 Å². The summed E-state index contributed by atoms with van der Waals surface area (Å²) < 4.78 is 0. The molecule has 29 heavy (non-hydrogen) atoms. The van der Waals surface area contributed by atoms with Crippen LogP contribution in [0.5, 0.6) is 0 Å². The number of benzene rings is 2. The molecular formula is C25H28N2O2. The Balaban J connectivity index is 1.45. The number of hydrogen-bond donors (Lipinski definition) is 0. The molecule has 0 N–H and O–H groups in total. The fraction of sp³-hybridized carbons (Fsp3) is 0.360. The molecule has 2 aromatic carbocycles. The number of hydrogen-bond acceptors (Lipinski definition) is 2. The van der Waals surface area contributed by atoms with Crippen LogP contribution >= 0.6 is 0 Å². The summed E-state index contributed by atoms with van der Waals surface area (Å²) in [4.78, 5) is 29.9. The van der Waals surface area contributed by atoms with Crippen molar-refractivity contribution in [1.82, 2.24) is 9.80 Å². The summed E-state index contributed by atoms with van der Waals surface area (Å²) in [6.45, 7) is 6.22. The van der Waals surface area contributed by atoms with E-state index in [9.17, 15) is 9.59 Å². The van der Waals surface area contributed by atoms with E-state index in [0.717, 1.165) is 47.1 Å². The molecule has 2 aliphatic heterocycles. The van der Waals surface area contributed by atoms with E-state index in [1.807, 2.05) is 46.2 Å². The third-order valence-corrected chi connectivity index (χ3v) is 6.12. The zero-order valence-corrected chi connectivity index (χ0v) is 17.2. The standard InChI is InChI=1S/C25H28N2O2/c1-3-4-10-21-18(2)8-7-12-23(21)24(28)26-15-13-20(14-16-26)27-17-19-9-5-6-11-22(19)25(27)29/h4-12,20H,3,13-17H2,1-2H3/b10-4-. The van der Waals surface area contributed by atoms with Crippen LogP contribution in [0.25, 0.3) is 6.08 Å². The SMILES string of the molecule is CC/C=C\c1c(C)cccc1C(=O)N1CCC(N2Cc3ccccc3C2=O)CC1. The first-order chi connectivity index (χ1) is 14.1. The van der Waals surface area contributed by atoms with Crippen molar-refractivity contribution < 1.29 is 9.59 Å². The van der Waals surface area contributed by atoms with E-state index in [2.05, 4.69) is 32.1 Å². The van der Waals surface area contributed by atoms with Gasteiger partial charge in [0.1, 0.15) is 0 Å². The molecule has 1 fully saturated rings. The van der Waals surface area contributed by atoms with Gasteiger partial charge in [0, 0.05) is 36.8 Å². The highest BCUT2D eigenvalue weighted by atomic mass is 16.2. The van der Waals surface area contributed by atoms with Crippen LogP contribution in [0.4, 0.5) is 0 Å². The van der Waals surface area contributed by atoms with Crippen LogP contribution in [0.1, 0.15) is 63.6 Å². The van der Waals surface area contributed by atoms with E-state index < -0.39 is 0 Å². The average molecular weight is 389 g/mol. The van der Waals surface area contributed by atoms with Gasteiger partial charge in [-0.05, 0) is 55.0 Å². The molecule has 2 heterocycles. The first kappa shape index (κ1) is 19.4. The number of rotatable bonds is 4. The molecule has 0 bridgehead atoms. The van der Waals surface area contributed by atoms with Crippen LogP contribution < -0.4 is 0 Å². The van der Waals surface area contributed by atoms with Gasteiger partial charge in [-0.2, -0.15) is 0 Å². The Kier molecular flexibility index (Phi) is 5.52. The Labute approximate surface area is 172 Å². The van der Waals surface area contributed by atoms with Crippen molar-refractivity contribution in [1.29, 1.82) is 0 Å². The molecule has 0 saturated carbocycles. The molecule has 2 aromatic rings. The van der Waals surface area contributed by atoms with Gasteiger partial charge < -0.3 is 9.80 Å². The van der Waals surface area contributed by atoms with Crippen molar-refractivity contribution in [2.45, 2.75) is 45.7 Å². The Bertz CT molecular complexity index is 955. The fourth-order valence-corrected chi connectivity index (χ4v) is 4.45. The molecule has 0 atom stereocenters. The monoisotopic (exact) mass is 388 g/mol. The lowest BCUT2D eigenvalue weighted by Crippen LogP contribution is -2.47. The number of carbonyl (C=O) groups excluding carboxylic acids is 2. The van der Waals surface area contributed by atoms with Gasteiger partial charge in [0.2, 0.25) is 0 Å². The molecule has 2 aliphatic rings. The van der Waals surface area contributed by atoms with Crippen molar-refractivity contribution in [2.24, 2.45) is 0 Å². The van der Waals surface area contributed by atoms with Crippen LogP contribution in [0.3, 0.4) is 0 Å². The van der Waals surface area contributed by atoms with E-state index in [1.54, 1.807) is 0 Å². The molecule has 1 saturated heterocycles. The van der Waals surface area contributed by atoms with Crippen LogP contribution in [-0.4, -0.2) is 40.7 Å². The van der Waals surface area contributed by atoms with Crippen LogP contribution in [0, 0.1) is 6.92 Å². The van der Waals surface area contributed by atoms with Gasteiger partial charge in [-0.25, -0.2) is 0 Å².